The van der Waals surface area contributed by atoms with Crippen molar-refractivity contribution in [2.75, 3.05) is 26.9 Å². The molecule has 7 heteroatoms. The SMILES string of the molecule is C=CCN1C(=O)/C(=C/c2ccc(OCCOc3ccc(C)cc3C)c(OC)c2)SC1=S. The van der Waals surface area contributed by atoms with Gasteiger partial charge < -0.3 is 14.2 Å². The number of carbonyl (C=O) groups is 1. The van der Waals surface area contributed by atoms with E-state index < -0.39 is 0 Å². The first-order valence-electron chi connectivity index (χ1n) is 9.80. The predicted molar refractivity (Wildman–Crippen MR) is 130 cm³/mol. The molecule has 0 unspecified atom stereocenters. The van der Waals surface area contributed by atoms with Gasteiger partial charge in [-0.3, -0.25) is 9.69 Å². The van der Waals surface area contributed by atoms with Crippen LogP contribution in [0, 0.1) is 13.8 Å². The Labute approximate surface area is 192 Å². The zero-order chi connectivity index (χ0) is 22.4. The highest BCUT2D eigenvalue weighted by molar-refractivity contribution is 8.26. The number of hydrogen-bond acceptors (Lipinski definition) is 6. The predicted octanol–water partition coefficient (Wildman–Crippen LogP) is 5.16. The van der Waals surface area contributed by atoms with Gasteiger partial charge in [-0.25, -0.2) is 0 Å². The van der Waals surface area contributed by atoms with Crippen molar-refractivity contribution in [2.45, 2.75) is 13.8 Å². The topological polar surface area (TPSA) is 48.0 Å². The van der Waals surface area contributed by atoms with E-state index in [1.165, 1.54) is 22.2 Å². The molecule has 0 atom stereocenters. The summed E-state index contributed by atoms with van der Waals surface area (Å²) < 4.78 is 17.7. The zero-order valence-corrected chi connectivity index (χ0v) is 19.5. The summed E-state index contributed by atoms with van der Waals surface area (Å²) in [5, 5.41) is 0. The molecular weight excluding hydrogens is 430 g/mol. The summed E-state index contributed by atoms with van der Waals surface area (Å²) in [4.78, 5) is 14.6. The summed E-state index contributed by atoms with van der Waals surface area (Å²) in [7, 11) is 1.59. The largest absolute Gasteiger partial charge is 0.493 e. The molecular formula is C24H25NO4S2. The van der Waals surface area contributed by atoms with Gasteiger partial charge in [0.05, 0.1) is 12.0 Å². The van der Waals surface area contributed by atoms with Crippen LogP contribution in [0.1, 0.15) is 16.7 Å². The standard InChI is InChI=1S/C24H25NO4S2/c1-5-10-25-23(26)22(31-24(25)30)15-18-7-9-20(21(14-18)27-4)29-12-11-28-19-8-6-16(2)13-17(19)3/h5-9,13-15H,1,10-12H2,2-4H3/b22-15-. The van der Waals surface area contributed by atoms with Gasteiger partial charge in [-0.2, -0.15) is 0 Å². The Morgan fingerprint density at radius 3 is 2.45 bits per heavy atom. The van der Waals surface area contributed by atoms with E-state index in [1.807, 2.05) is 37.3 Å². The molecule has 0 bridgehead atoms. The molecule has 162 valence electrons. The lowest BCUT2D eigenvalue weighted by molar-refractivity contribution is -0.121. The van der Waals surface area contributed by atoms with Crippen molar-refractivity contribution in [3.8, 4) is 17.2 Å². The van der Waals surface area contributed by atoms with Crippen LogP contribution in [0.5, 0.6) is 17.2 Å². The van der Waals surface area contributed by atoms with Gasteiger partial charge in [0.2, 0.25) is 0 Å². The number of thiocarbonyl (C=S) groups is 1. The smallest absolute Gasteiger partial charge is 0.266 e. The second kappa shape index (κ2) is 10.5. The van der Waals surface area contributed by atoms with Crippen molar-refractivity contribution in [1.29, 1.82) is 0 Å². The second-order valence-corrected chi connectivity index (χ2v) is 8.63. The number of aryl methyl sites for hydroxylation is 2. The lowest BCUT2D eigenvalue weighted by Crippen LogP contribution is -2.27. The van der Waals surface area contributed by atoms with E-state index in [-0.39, 0.29) is 5.91 Å². The summed E-state index contributed by atoms with van der Waals surface area (Å²) in [6.45, 7) is 8.95. The number of rotatable bonds is 9. The molecule has 3 rings (SSSR count). The Balaban J connectivity index is 1.63. The molecule has 0 radical (unpaired) electrons. The molecule has 1 heterocycles. The number of benzene rings is 2. The van der Waals surface area contributed by atoms with Crippen molar-refractivity contribution in [3.05, 3.63) is 70.6 Å². The van der Waals surface area contributed by atoms with Crippen LogP contribution >= 0.6 is 24.0 Å². The molecule has 1 amide bonds. The Bertz CT molecular complexity index is 1030. The van der Waals surface area contributed by atoms with Gasteiger partial charge in [-0.05, 0) is 49.2 Å². The molecule has 0 spiro atoms. The van der Waals surface area contributed by atoms with Crippen molar-refractivity contribution in [1.82, 2.24) is 4.90 Å². The lowest BCUT2D eigenvalue weighted by Gasteiger charge is -2.13. The summed E-state index contributed by atoms with van der Waals surface area (Å²) in [6, 6.07) is 11.6. The minimum atomic E-state index is -0.113. The third-order valence-electron chi connectivity index (χ3n) is 4.60. The molecule has 0 aliphatic carbocycles. The maximum Gasteiger partial charge on any atom is 0.266 e. The Morgan fingerprint density at radius 1 is 1.06 bits per heavy atom. The van der Waals surface area contributed by atoms with Crippen LogP contribution < -0.4 is 14.2 Å². The minimum absolute atomic E-state index is 0.113. The summed E-state index contributed by atoms with van der Waals surface area (Å²) >= 11 is 6.56. The van der Waals surface area contributed by atoms with E-state index in [4.69, 9.17) is 26.4 Å². The molecule has 0 aromatic heterocycles. The van der Waals surface area contributed by atoms with Crippen LogP contribution in [0.25, 0.3) is 6.08 Å². The molecule has 2 aromatic rings. The Hall–Kier alpha value is -2.77. The number of thioether (sulfide) groups is 1. The first-order valence-corrected chi connectivity index (χ1v) is 11.0. The van der Waals surface area contributed by atoms with Crippen LogP contribution in [0.4, 0.5) is 0 Å². The van der Waals surface area contributed by atoms with E-state index >= 15 is 0 Å². The van der Waals surface area contributed by atoms with Gasteiger partial charge in [-0.15, -0.1) is 6.58 Å². The molecule has 2 aromatic carbocycles. The Morgan fingerprint density at radius 2 is 1.77 bits per heavy atom. The fraction of sp³-hybridized carbons (Fsp3) is 0.250. The molecule has 31 heavy (non-hydrogen) atoms. The first-order chi connectivity index (χ1) is 14.9. The maximum atomic E-state index is 12.5. The van der Waals surface area contributed by atoms with E-state index in [0.29, 0.717) is 40.5 Å². The molecule has 1 aliphatic rings. The zero-order valence-electron chi connectivity index (χ0n) is 17.8. The summed E-state index contributed by atoms with van der Waals surface area (Å²) in [5.41, 5.74) is 3.13. The maximum absolute atomic E-state index is 12.5. The Kier molecular flexibility index (Phi) is 7.76. The number of nitrogens with zero attached hydrogens (tertiary/aromatic N) is 1. The number of amides is 1. The van der Waals surface area contributed by atoms with Gasteiger partial charge in [-0.1, -0.05) is 53.8 Å². The average molecular weight is 456 g/mol. The molecule has 1 fully saturated rings. The highest BCUT2D eigenvalue weighted by Gasteiger charge is 2.31. The normalized spacial score (nSPS) is 14.8. The van der Waals surface area contributed by atoms with E-state index in [0.717, 1.165) is 16.9 Å². The fourth-order valence-corrected chi connectivity index (χ4v) is 4.37. The van der Waals surface area contributed by atoms with Crippen LogP contribution in [0.3, 0.4) is 0 Å². The monoisotopic (exact) mass is 455 g/mol. The van der Waals surface area contributed by atoms with Crippen LogP contribution in [-0.4, -0.2) is 42.0 Å². The fourth-order valence-electron chi connectivity index (χ4n) is 3.10. The molecule has 1 saturated heterocycles. The molecule has 0 saturated carbocycles. The van der Waals surface area contributed by atoms with E-state index in [9.17, 15) is 4.79 Å². The minimum Gasteiger partial charge on any atom is -0.493 e. The van der Waals surface area contributed by atoms with Crippen LogP contribution in [0.15, 0.2) is 54.0 Å². The first kappa shape index (κ1) is 22.9. The van der Waals surface area contributed by atoms with Crippen LogP contribution in [0.2, 0.25) is 0 Å². The van der Waals surface area contributed by atoms with Crippen molar-refractivity contribution in [3.63, 3.8) is 0 Å². The van der Waals surface area contributed by atoms with E-state index in [2.05, 4.69) is 19.6 Å². The van der Waals surface area contributed by atoms with Crippen molar-refractivity contribution in [2.24, 2.45) is 0 Å². The van der Waals surface area contributed by atoms with Crippen LogP contribution in [-0.2, 0) is 4.79 Å². The molecule has 5 nitrogen and oxygen atoms in total. The van der Waals surface area contributed by atoms with Gasteiger partial charge >= 0.3 is 0 Å². The third kappa shape index (κ3) is 5.68. The number of hydrogen-bond donors (Lipinski definition) is 0. The summed E-state index contributed by atoms with van der Waals surface area (Å²) in [6.07, 6.45) is 3.46. The highest BCUT2D eigenvalue weighted by Crippen LogP contribution is 2.34. The quantitative estimate of drug-likeness (QED) is 0.225. The van der Waals surface area contributed by atoms with Gasteiger partial charge in [0, 0.05) is 6.54 Å². The molecule has 0 N–H and O–H groups in total. The summed E-state index contributed by atoms with van der Waals surface area (Å²) in [5.74, 6) is 1.94. The average Bonchev–Trinajstić information content (AvgIpc) is 3.00. The lowest BCUT2D eigenvalue weighted by atomic mass is 10.1. The van der Waals surface area contributed by atoms with Crippen molar-refractivity contribution >= 4 is 40.3 Å². The number of carbonyl (C=O) groups excluding carboxylic acids is 1. The number of methoxy groups -OCH3 is 1. The van der Waals surface area contributed by atoms with Gasteiger partial charge in [0.1, 0.15) is 23.3 Å². The van der Waals surface area contributed by atoms with Gasteiger partial charge in [0.15, 0.2) is 11.5 Å². The second-order valence-electron chi connectivity index (χ2n) is 6.96. The molecule has 1 aliphatic heterocycles. The third-order valence-corrected chi connectivity index (χ3v) is 5.98. The highest BCUT2D eigenvalue weighted by atomic mass is 32.2. The van der Waals surface area contributed by atoms with Crippen molar-refractivity contribution < 1.29 is 19.0 Å². The van der Waals surface area contributed by atoms with Gasteiger partial charge in [0.25, 0.3) is 5.91 Å². The van der Waals surface area contributed by atoms with E-state index in [1.54, 1.807) is 19.3 Å². The number of ether oxygens (including phenoxy) is 3.